The third kappa shape index (κ3) is 5.55. The van der Waals surface area contributed by atoms with Crippen LogP contribution in [0.25, 0.3) is 48.0 Å². The van der Waals surface area contributed by atoms with E-state index in [-0.39, 0.29) is 0 Å². The van der Waals surface area contributed by atoms with Crippen LogP contribution in [0, 0.1) is 0 Å². The van der Waals surface area contributed by atoms with Gasteiger partial charge in [0.25, 0.3) is 0 Å². The van der Waals surface area contributed by atoms with Crippen molar-refractivity contribution in [1.29, 1.82) is 0 Å². The van der Waals surface area contributed by atoms with Crippen molar-refractivity contribution in [3.8, 4) is 22.3 Å². The molecule has 1 heterocycles. The first kappa shape index (κ1) is 38.2. The minimum Gasteiger partial charge on any atom is -0.135 e. The number of allylic oxidation sites excluding steroid dienone is 9. The van der Waals surface area contributed by atoms with E-state index in [0.29, 0.717) is 0 Å². The predicted molar refractivity (Wildman–Crippen MR) is 275 cm³/mol. The molecule has 0 atom stereocenters. The van der Waals surface area contributed by atoms with Crippen molar-refractivity contribution in [1.82, 2.24) is 0 Å². The summed E-state index contributed by atoms with van der Waals surface area (Å²) in [4.78, 5) is 0. The molecule has 0 radical (unpaired) electrons. The minimum atomic E-state index is -0.472. The lowest BCUT2D eigenvalue weighted by Gasteiger charge is -2.36. The number of hydrogen-bond donors (Lipinski definition) is 0. The molecule has 0 aliphatic heterocycles. The summed E-state index contributed by atoms with van der Waals surface area (Å²) in [5, 5.41) is 2.63. The summed E-state index contributed by atoms with van der Waals surface area (Å²) in [6.07, 6.45) is 21.1. The first-order chi connectivity index (χ1) is 32.3. The second-order valence-corrected chi connectivity index (χ2v) is 19.0. The zero-order chi connectivity index (χ0) is 43.0. The quantitative estimate of drug-likeness (QED) is 0.150. The Morgan fingerprint density at radius 3 is 1.69 bits per heavy atom. The van der Waals surface area contributed by atoms with E-state index < -0.39 is 10.8 Å². The maximum atomic E-state index is 2.51. The fraction of sp³-hybridized carbons (Fsp3) is 0.0938. The number of fused-ring (bicyclic) bond motifs is 9. The van der Waals surface area contributed by atoms with Crippen molar-refractivity contribution in [2.75, 3.05) is 0 Å². The summed E-state index contributed by atoms with van der Waals surface area (Å²) >= 11 is 1.95. The topological polar surface area (TPSA) is 0 Å². The average molecular weight is 847 g/mol. The summed E-state index contributed by atoms with van der Waals surface area (Å²) < 4.78 is 2.67. The van der Waals surface area contributed by atoms with Gasteiger partial charge in [0, 0.05) is 20.2 Å². The molecule has 65 heavy (non-hydrogen) atoms. The molecule has 0 amide bonds. The highest BCUT2D eigenvalue weighted by molar-refractivity contribution is 7.26. The zero-order valence-electron chi connectivity index (χ0n) is 36.2. The van der Waals surface area contributed by atoms with Gasteiger partial charge >= 0.3 is 0 Å². The standard InChI is InChI=1S/C64H46S/c1-5-21-43(22-6-1)41-53(50-32-19-37-58-61(50)52-31-15-18-36-57(52)63(58,45-23-7-2-8-24-45)46-25-9-3-10-26-46)44-39-40-60-54(42-44)51-33-20-38-59(62(51)65-60)64(47-27-11-4-12-28-47)55-34-16-13-29-48(55)49-30-14-17-35-56(49)64/h2-3,5,7-11,13-42H,1,4,6,12H2/b53-41-. The number of benzene rings is 8. The highest BCUT2D eigenvalue weighted by atomic mass is 32.1. The molecule has 0 N–H and O–H groups in total. The fourth-order valence-electron chi connectivity index (χ4n) is 12.1. The van der Waals surface area contributed by atoms with E-state index in [2.05, 4.69) is 231 Å². The SMILES string of the molecule is C1=CC(/C=C(/c2ccc3sc4c(C5(C6=CCCC=C6)c6ccccc6-c6ccccc65)cccc4c3c2)c2cccc3c2-c2ccccc2C3(c2ccccc2)c2ccccc2)=CCC1. The van der Waals surface area contributed by atoms with Crippen LogP contribution in [0.3, 0.4) is 0 Å². The molecule has 0 saturated heterocycles. The monoisotopic (exact) mass is 846 g/mol. The van der Waals surface area contributed by atoms with Gasteiger partial charge in [0.05, 0.1) is 10.8 Å². The minimum absolute atomic E-state index is 0.417. The fourth-order valence-corrected chi connectivity index (χ4v) is 13.3. The van der Waals surface area contributed by atoms with Crippen LogP contribution in [0.2, 0.25) is 0 Å². The summed E-state index contributed by atoms with van der Waals surface area (Å²) in [6.45, 7) is 0. The molecule has 9 aromatic rings. The van der Waals surface area contributed by atoms with Crippen LogP contribution >= 0.6 is 11.3 Å². The van der Waals surface area contributed by atoms with Crippen molar-refractivity contribution in [3.05, 3.63) is 292 Å². The molecule has 1 heteroatoms. The van der Waals surface area contributed by atoms with E-state index in [1.54, 1.807) is 0 Å². The molecular formula is C64H46S. The molecule has 0 saturated carbocycles. The van der Waals surface area contributed by atoms with Crippen molar-refractivity contribution >= 4 is 37.1 Å². The van der Waals surface area contributed by atoms with Gasteiger partial charge in [-0.1, -0.05) is 212 Å². The maximum Gasteiger partial charge on any atom is 0.0724 e. The lowest BCUT2D eigenvalue weighted by molar-refractivity contribution is 0.760. The van der Waals surface area contributed by atoms with Crippen molar-refractivity contribution in [2.24, 2.45) is 0 Å². The summed E-state index contributed by atoms with van der Waals surface area (Å²) in [5.41, 5.74) is 20.1. The van der Waals surface area contributed by atoms with E-state index >= 15 is 0 Å². The largest absolute Gasteiger partial charge is 0.135 e. The van der Waals surface area contributed by atoms with Crippen molar-refractivity contribution < 1.29 is 0 Å². The molecule has 0 fully saturated rings. The number of thiophene rings is 1. The number of hydrogen-bond acceptors (Lipinski definition) is 1. The molecular weight excluding hydrogens is 801 g/mol. The number of rotatable bonds is 7. The lowest BCUT2D eigenvalue weighted by atomic mass is 9.66. The van der Waals surface area contributed by atoms with Gasteiger partial charge in [-0.15, -0.1) is 11.3 Å². The molecule has 4 aliphatic carbocycles. The molecule has 1 aromatic heterocycles. The Morgan fingerprint density at radius 2 is 1.03 bits per heavy atom. The highest BCUT2D eigenvalue weighted by Gasteiger charge is 2.49. The highest BCUT2D eigenvalue weighted by Crippen LogP contribution is 2.60. The first-order valence-electron chi connectivity index (χ1n) is 23.2. The lowest BCUT2D eigenvalue weighted by Crippen LogP contribution is -2.29. The molecule has 8 aromatic carbocycles. The summed E-state index contributed by atoms with van der Waals surface area (Å²) in [7, 11) is 0. The van der Waals surface area contributed by atoms with Crippen LogP contribution in [0.5, 0.6) is 0 Å². The van der Waals surface area contributed by atoms with Gasteiger partial charge in [-0.2, -0.15) is 0 Å². The van der Waals surface area contributed by atoms with E-state index in [9.17, 15) is 0 Å². The smallest absolute Gasteiger partial charge is 0.0724 e. The molecule has 0 nitrogen and oxygen atoms in total. The Hall–Kier alpha value is -7.32. The van der Waals surface area contributed by atoms with Crippen LogP contribution in [-0.2, 0) is 10.8 Å². The Balaban J connectivity index is 1.06. The van der Waals surface area contributed by atoms with Crippen LogP contribution in [0.1, 0.15) is 75.8 Å². The zero-order valence-corrected chi connectivity index (χ0v) is 37.0. The third-order valence-corrected chi connectivity index (χ3v) is 15.9. The van der Waals surface area contributed by atoms with Gasteiger partial charge in [0.1, 0.15) is 0 Å². The van der Waals surface area contributed by atoms with Gasteiger partial charge < -0.3 is 0 Å². The van der Waals surface area contributed by atoms with Gasteiger partial charge in [-0.05, 0) is 133 Å². The summed E-state index contributed by atoms with van der Waals surface area (Å²) in [5.74, 6) is 0. The third-order valence-electron chi connectivity index (χ3n) is 14.7. The molecule has 0 bridgehead atoms. The van der Waals surface area contributed by atoms with Crippen LogP contribution in [0.15, 0.2) is 242 Å². The normalized spacial score (nSPS) is 16.5. The van der Waals surface area contributed by atoms with Crippen LogP contribution in [0.4, 0.5) is 0 Å². The van der Waals surface area contributed by atoms with Crippen LogP contribution < -0.4 is 0 Å². The molecule has 0 spiro atoms. The van der Waals surface area contributed by atoms with E-state index in [1.165, 1.54) is 109 Å². The van der Waals surface area contributed by atoms with Gasteiger partial charge in [-0.3, -0.25) is 0 Å². The second kappa shape index (κ2) is 15.2. The molecule has 308 valence electrons. The van der Waals surface area contributed by atoms with Gasteiger partial charge in [0.15, 0.2) is 0 Å². The van der Waals surface area contributed by atoms with Crippen molar-refractivity contribution in [3.63, 3.8) is 0 Å². The predicted octanol–water partition coefficient (Wildman–Crippen LogP) is 16.7. The van der Waals surface area contributed by atoms with Crippen molar-refractivity contribution in [2.45, 2.75) is 36.5 Å². The first-order valence-corrected chi connectivity index (χ1v) is 24.0. The summed E-state index contributed by atoms with van der Waals surface area (Å²) in [6, 6.07) is 71.2. The average Bonchev–Trinajstić information content (AvgIpc) is 4.02. The Morgan fingerprint density at radius 1 is 0.446 bits per heavy atom. The van der Waals surface area contributed by atoms with E-state index in [0.717, 1.165) is 25.7 Å². The Kier molecular flexibility index (Phi) is 8.90. The van der Waals surface area contributed by atoms with Gasteiger partial charge in [-0.25, -0.2) is 0 Å². The second-order valence-electron chi connectivity index (χ2n) is 18.0. The molecule has 4 aliphatic rings. The van der Waals surface area contributed by atoms with Crippen LogP contribution in [-0.4, -0.2) is 0 Å². The maximum absolute atomic E-state index is 2.51. The van der Waals surface area contributed by atoms with E-state index in [1.807, 2.05) is 11.3 Å². The molecule has 0 unspecified atom stereocenters. The Labute approximate surface area is 385 Å². The molecule has 13 rings (SSSR count). The Bertz CT molecular complexity index is 3450. The van der Waals surface area contributed by atoms with Gasteiger partial charge in [0.2, 0.25) is 0 Å². The van der Waals surface area contributed by atoms with E-state index in [4.69, 9.17) is 0 Å².